The summed E-state index contributed by atoms with van der Waals surface area (Å²) < 4.78 is 60.0. The molecule has 3 aromatic carbocycles. The number of thiophene rings is 1. The largest absolute Gasteiger partial charge is 0.522 e. The Hall–Kier alpha value is -2.96. The summed E-state index contributed by atoms with van der Waals surface area (Å²) in [6, 6.07) is 18.7. The average molecular weight is 806 g/mol. The van der Waals surface area contributed by atoms with Gasteiger partial charge in [-0.25, -0.2) is 4.98 Å². The molecule has 1 aliphatic heterocycles. The molecule has 0 saturated carbocycles. The molecule has 0 radical (unpaired) electrons. The number of nitrogens with zero attached hydrogens (tertiary/aromatic N) is 4. The fourth-order valence-corrected chi connectivity index (χ4v) is 8.17. The molecule has 0 amide bonds. The number of halogens is 5. The quantitative estimate of drug-likeness (QED) is 0.0844. The SMILES string of the molecule is Cc1sc2ccc(NC(=S)N3CCN(c4ccc(Cl)cc4Cl)CC3)cc2c1CCN(C)Cc1ccc2sc(N)nc2c1.O=S(=O)(O)C(F)(F)F. The minimum absolute atomic E-state index is 0.618. The van der Waals surface area contributed by atoms with Crippen LogP contribution in [0.15, 0.2) is 54.6 Å². The van der Waals surface area contributed by atoms with E-state index in [0.29, 0.717) is 15.2 Å². The number of hydrogen-bond acceptors (Lipinski definition) is 9. The number of likely N-dealkylation sites (N-methyl/N-ethyl adjacent to an activating group) is 1. The number of anilines is 3. The van der Waals surface area contributed by atoms with Gasteiger partial charge in [-0.1, -0.05) is 40.6 Å². The number of thiocarbonyl (C=S) groups is 1. The highest BCUT2D eigenvalue weighted by atomic mass is 35.5. The van der Waals surface area contributed by atoms with Crippen LogP contribution in [0, 0.1) is 6.92 Å². The van der Waals surface area contributed by atoms with Gasteiger partial charge < -0.3 is 25.8 Å². The minimum Gasteiger partial charge on any atom is -0.375 e. The van der Waals surface area contributed by atoms with Crippen LogP contribution in [0.3, 0.4) is 0 Å². The van der Waals surface area contributed by atoms with Crippen LogP contribution < -0.4 is 16.0 Å². The first-order valence-corrected chi connectivity index (χ1v) is 19.4. The van der Waals surface area contributed by atoms with Crippen LogP contribution in [0.4, 0.5) is 29.7 Å². The normalized spacial score (nSPS) is 13.9. The van der Waals surface area contributed by atoms with Crippen molar-refractivity contribution in [3.8, 4) is 0 Å². The molecule has 268 valence electrons. The maximum atomic E-state index is 10.7. The molecular weight excluding hydrogens is 773 g/mol. The lowest BCUT2D eigenvalue weighted by Crippen LogP contribution is -2.50. The lowest BCUT2D eigenvalue weighted by molar-refractivity contribution is -0.0510. The van der Waals surface area contributed by atoms with E-state index >= 15 is 0 Å². The summed E-state index contributed by atoms with van der Waals surface area (Å²) in [6.45, 7) is 7.39. The van der Waals surface area contributed by atoms with Crippen LogP contribution in [0.2, 0.25) is 10.0 Å². The smallest absolute Gasteiger partial charge is 0.375 e. The third-order valence-electron chi connectivity index (χ3n) is 8.02. The highest BCUT2D eigenvalue weighted by Gasteiger charge is 2.44. The van der Waals surface area contributed by atoms with Gasteiger partial charge in [0.25, 0.3) is 0 Å². The fourth-order valence-electron chi connectivity index (χ4n) is 5.53. The van der Waals surface area contributed by atoms with E-state index in [1.165, 1.54) is 37.4 Å². The number of hydrogen-bond donors (Lipinski definition) is 3. The van der Waals surface area contributed by atoms with Crippen molar-refractivity contribution in [3.05, 3.63) is 80.6 Å². The number of alkyl halides is 3. The van der Waals surface area contributed by atoms with Gasteiger partial charge in [-0.2, -0.15) is 21.6 Å². The van der Waals surface area contributed by atoms with Gasteiger partial charge in [0, 0.05) is 59.6 Å². The molecule has 4 N–H and O–H groups in total. The topological polar surface area (TPSA) is 115 Å². The number of piperazine rings is 1. The summed E-state index contributed by atoms with van der Waals surface area (Å²) in [5, 5.41) is 7.51. The van der Waals surface area contributed by atoms with Crippen LogP contribution in [-0.2, 0) is 23.1 Å². The van der Waals surface area contributed by atoms with Gasteiger partial charge in [-0.3, -0.25) is 4.55 Å². The molecule has 50 heavy (non-hydrogen) atoms. The molecule has 0 atom stereocenters. The van der Waals surface area contributed by atoms with Crippen molar-refractivity contribution in [2.45, 2.75) is 25.4 Å². The van der Waals surface area contributed by atoms with Crippen molar-refractivity contribution in [2.24, 2.45) is 0 Å². The Bertz CT molecular complexity index is 2120. The van der Waals surface area contributed by atoms with Gasteiger partial charge in [0.2, 0.25) is 0 Å². The third kappa shape index (κ3) is 9.47. The molecule has 5 aromatic rings. The summed E-state index contributed by atoms with van der Waals surface area (Å²) >= 11 is 21.7. The Morgan fingerprint density at radius 3 is 2.40 bits per heavy atom. The van der Waals surface area contributed by atoms with Gasteiger partial charge in [0.15, 0.2) is 10.2 Å². The number of nitrogens with two attached hydrogens (primary N) is 1. The number of rotatable bonds is 7. The van der Waals surface area contributed by atoms with E-state index in [1.807, 2.05) is 23.5 Å². The zero-order valence-electron chi connectivity index (χ0n) is 26.8. The maximum absolute atomic E-state index is 10.7. The first-order valence-electron chi connectivity index (χ1n) is 15.1. The summed E-state index contributed by atoms with van der Waals surface area (Å²) in [4.78, 5) is 12.7. The van der Waals surface area contributed by atoms with E-state index < -0.39 is 15.6 Å². The monoisotopic (exact) mass is 804 g/mol. The van der Waals surface area contributed by atoms with E-state index in [9.17, 15) is 13.2 Å². The Morgan fingerprint density at radius 2 is 1.74 bits per heavy atom. The predicted molar refractivity (Wildman–Crippen MR) is 205 cm³/mol. The number of thiazole rings is 1. The first-order chi connectivity index (χ1) is 23.5. The molecule has 0 bridgehead atoms. The van der Waals surface area contributed by atoms with E-state index in [0.717, 1.165) is 72.4 Å². The second kappa shape index (κ2) is 15.7. The average Bonchev–Trinajstić information content (AvgIpc) is 3.56. The van der Waals surface area contributed by atoms with Crippen molar-refractivity contribution in [1.82, 2.24) is 14.8 Å². The van der Waals surface area contributed by atoms with Crippen molar-refractivity contribution in [3.63, 3.8) is 0 Å². The number of fused-ring (bicyclic) bond motifs is 2. The highest BCUT2D eigenvalue weighted by molar-refractivity contribution is 7.86. The van der Waals surface area contributed by atoms with Crippen LogP contribution >= 0.6 is 58.1 Å². The van der Waals surface area contributed by atoms with E-state index in [-0.39, 0.29) is 0 Å². The minimum atomic E-state index is -5.84. The van der Waals surface area contributed by atoms with Crippen LogP contribution in [0.5, 0.6) is 0 Å². The van der Waals surface area contributed by atoms with Crippen molar-refractivity contribution in [2.75, 3.05) is 55.7 Å². The van der Waals surface area contributed by atoms with Gasteiger partial charge >= 0.3 is 15.6 Å². The number of aryl methyl sites for hydroxylation is 1. The zero-order chi connectivity index (χ0) is 36.4. The van der Waals surface area contributed by atoms with Gasteiger partial charge in [-0.15, -0.1) is 11.3 Å². The molecule has 1 fully saturated rings. The van der Waals surface area contributed by atoms with Gasteiger partial charge in [-0.05, 0) is 97.7 Å². The Morgan fingerprint density at radius 1 is 1.06 bits per heavy atom. The lowest BCUT2D eigenvalue weighted by Gasteiger charge is -2.37. The van der Waals surface area contributed by atoms with Crippen LogP contribution in [0.1, 0.15) is 16.0 Å². The summed E-state index contributed by atoms with van der Waals surface area (Å²) in [6.07, 6.45) is 0.983. The van der Waals surface area contributed by atoms with Crippen LogP contribution in [0.25, 0.3) is 20.3 Å². The molecule has 6 rings (SSSR count). The summed E-state index contributed by atoms with van der Waals surface area (Å²) in [7, 11) is -3.66. The molecule has 9 nitrogen and oxygen atoms in total. The fraction of sp³-hybridized carbons (Fsp3) is 0.312. The number of nitrogen functional groups attached to an aromatic ring is 1. The molecule has 1 saturated heterocycles. The van der Waals surface area contributed by atoms with Gasteiger partial charge in [0.1, 0.15) is 0 Å². The third-order valence-corrected chi connectivity index (χ3v) is 11.5. The lowest BCUT2D eigenvalue weighted by atomic mass is 10.1. The molecule has 2 aromatic heterocycles. The van der Waals surface area contributed by atoms with Crippen LogP contribution in [-0.4, -0.2) is 78.1 Å². The zero-order valence-corrected chi connectivity index (χ0v) is 31.6. The van der Waals surface area contributed by atoms with E-state index in [2.05, 4.69) is 75.4 Å². The van der Waals surface area contributed by atoms with E-state index in [4.69, 9.17) is 54.1 Å². The summed E-state index contributed by atoms with van der Waals surface area (Å²) in [5.41, 5.74) is 6.03. The molecular formula is C32H33Cl2F3N6O3S4. The second-order valence-corrected chi connectivity index (χ2v) is 16.6. The molecule has 0 spiro atoms. The number of nitrogens with one attached hydrogen (secondary N) is 1. The Balaban J connectivity index is 0.000000544. The van der Waals surface area contributed by atoms with E-state index in [1.54, 1.807) is 6.07 Å². The molecule has 0 aliphatic carbocycles. The Labute approximate surface area is 311 Å². The first kappa shape index (κ1) is 38.3. The second-order valence-electron chi connectivity index (χ2n) is 11.6. The number of benzene rings is 3. The molecule has 0 unspecified atom stereocenters. The van der Waals surface area contributed by atoms with Crippen molar-refractivity contribution >= 4 is 110 Å². The van der Waals surface area contributed by atoms with Gasteiger partial charge in [0.05, 0.1) is 20.9 Å². The Kier molecular flexibility index (Phi) is 12.0. The molecule has 3 heterocycles. The standard InChI is InChI=1S/C31H32Cl2N6S3.CHF3O3S/c1-19-23(9-10-37(2)18-20-3-7-29-26(15-20)36-30(34)42-29)24-17-22(5-8-28(24)41-19)35-31(40)39-13-11-38(12-14-39)27-6-4-21(32)16-25(27)33;2-1(3,4)8(5,6)7/h3-8,15-17H,9-14,18H2,1-2H3,(H2,34,36)(H,35,40);(H,5,6,7). The highest BCUT2D eigenvalue weighted by Crippen LogP contribution is 2.34. The summed E-state index contributed by atoms with van der Waals surface area (Å²) in [5.74, 6) is 0. The van der Waals surface area contributed by atoms with Crippen molar-refractivity contribution < 1.29 is 26.1 Å². The predicted octanol–water partition coefficient (Wildman–Crippen LogP) is 8.30. The van der Waals surface area contributed by atoms with Crippen molar-refractivity contribution in [1.29, 1.82) is 0 Å². The molecule has 1 aliphatic rings. The number of aromatic nitrogens is 1. The maximum Gasteiger partial charge on any atom is 0.522 e. The molecule has 18 heteroatoms.